The number of hydrogen-bond acceptors (Lipinski definition) is 3. The minimum atomic E-state index is -0.185. The van der Waals surface area contributed by atoms with E-state index in [0.29, 0.717) is 5.92 Å². The van der Waals surface area contributed by atoms with Crippen molar-refractivity contribution in [3.8, 4) is 0 Å². The number of aliphatic hydroxyl groups excluding tert-OH is 1. The van der Waals surface area contributed by atoms with Crippen molar-refractivity contribution in [3.05, 3.63) is 0 Å². The van der Waals surface area contributed by atoms with Gasteiger partial charge >= 0.3 is 0 Å². The molecule has 0 heterocycles. The van der Waals surface area contributed by atoms with Crippen molar-refractivity contribution >= 4 is 11.8 Å². The highest BCUT2D eigenvalue weighted by molar-refractivity contribution is 7.99. The van der Waals surface area contributed by atoms with Crippen molar-refractivity contribution in [2.45, 2.75) is 20.0 Å². The first-order valence-electron chi connectivity index (χ1n) is 3.62. The second kappa shape index (κ2) is 6.01. The quantitative estimate of drug-likeness (QED) is 0.627. The van der Waals surface area contributed by atoms with E-state index in [1.54, 1.807) is 18.7 Å². The van der Waals surface area contributed by atoms with Crippen LogP contribution < -0.4 is 5.73 Å². The molecule has 0 fully saturated rings. The first-order valence-corrected chi connectivity index (χ1v) is 4.78. The number of aliphatic hydroxyl groups is 1. The smallest absolute Gasteiger partial charge is 0.0602 e. The molecule has 10 heavy (non-hydrogen) atoms. The maximum atomic E-state index is 8.89. The molecule has 3 N–H and O–H groups in total. The molecule has 0 radical (unpaired) electrons. The Bertz CT molecular complexity index is 78.0. The molecule has 0 aliphatic rings. The Morgan fingerprint density at radius 1 is 1.40 bits per heavy atom. The molecule has 2 nitrogen and oxygen atoms in total. The fraction of sp³-hybridized carbons (Fsp3) is 1.00. The summed E-state index contributed by atoms with van der Waals surface area (Å²) in [5, 5.41) is 8.89. The van der Waals surface area contributed by atoms with Gasteiger partial charge in [0.1, 0.15) is 0 Å². The maximum absolute atomic E-state index is 8.89. The molecule has 0 amide bonds. The van der Waals surface area contributed by atoms with Crippen LogP contribution in [0.1, 0.15) is 13.8 Å². The lowest BCUT2D eigenvalue weighted by Crippen LogP contribution is -2.14. The zero-order valence-corrected chi connectivity index (χ0v) is 7.53. The molecule has 0 spiro atoms. The molecular weight excluding hydrogens is 146 g/mol. The predicted molar refractivity (Wildman–Crippen MR) is 47.2 cm³/mol. The monoisotopic (exact) mass is 163 g/mol. The van der Waals surface area contributed by atoms with Crippen LogP contribution >= 0.6 is 11.8 Å². The minimum absolute atomic E-state index is 0.185. The summed E-state index contributed by atoms with van der Waals surface area (Å²) in [7, 11) is 0. The molecule has 0 aliphatic heterocycles. The summed E-state index contributed by atoms with van der Waals surface area (Å²) in [5.74, 6) is 2.45. The van der Waals surface area contributed by atoms with Gasteiger partial charge in [0.25, 0.3) is 0 Å². The van der Waals surface area contributed by atoms with Crippen molar-refractivity contribution in [1.29, 1.82) is 0 Å². The van der Waals surface area contributed by atoms with E-state index in [2.05, 4.69) is 6.92 Å². The van der Waals surface area contributed by atoms with Crippen LogP contribution in [0.25, 0.3) is 0 Å². The Balaban J connectivity index is 3.03. The standard InChI is InChI=1S/C7H17NOS/c1-6(3-8)4-10-5-7(2)9/h6-7,9H,3-5,8H2,1-2H3. The van der Waals surface area contributed by atoms with E-state index in [1.165, 1.54) is 0 Å². The topological polar surface area (TPSA) is 46.2 Å². The van der Waals surface area contributed by atoms with Crippen molar-refractivity contribution in [3.63, 3.8) is 0 Å². The summed E-state index contributed by atoms with van der Waals surface area (Å²) < 4.78 is 0. The van der Waals surface area contributed by atoms with Gasteiger partial charge in [-0.15, -0.1) is 0 Å². The van der Waals surface area contributed by atoms with E-state index in [0.717, 1.165) is 18.1 Å². The van der Waals surface area contributed by atoms with E-state index >= 15 is 0 Å². The number of nitrogens with two attached hydrogens (primary N) is 1. The normalized spacial score (nSPS) is 16.8. The van der Waals surface area contributed by atoms with Gasteiger partial charge in [-0.25, -0.2) is 0 Å². The van der Waals surface area contributed by atoms with Crippen LogP contribution in [-0.4, -0.2) is 29.3 Å². The molecule has 0 aromatic heterocycles. The fourth-order valence-corrected chi connectivity index (χ4v) is 1.52. The predicted octanol–water partition coefficient (Wildman–Crippen LogP) is 0.695. The summed E-state index contributed by atoms with van der Waals surface area (Å²) in [6.07, 6.45) is -0.185. The summed E-state index contributed by atoms with van der Waals surface area (Å²) in [6, 6.07) is 0. The second-order valence-electron chi connectivity index (χ2n) is 2.73. The molecule has 2 atom stereocenters. The fourth-order valence-electron chi connectivity index (χ4n) is 0.508. The average molecular weight is 163 g/mol. The van der Waals surface area contributed by atoms with Crippen LogP contribution in [0.4, 0.5) is 0 Å². The molecule has 0 saturated heterocycles. The highest BCUT2D eigenvalue weighted by atomic mass is 32.2. The molecule has 0 bridgehead atoms. The maximum Gasteiger partial charge on any atom is 0.0602 e. The second-order valence-corrected chi connectivity index (χ2v) is 3.80. The summed E-state index contributed by atoms with van der Waals surface area (Å²) in [6.45, 7) is 4.67. The summed E-state index contributed by atoms with van der Waals surface area (Å²) in [4.78, 5) is 0. The highest BCUT2D eigenvalue weighted by Gasteiger charge is 2.00. The van der Waals surface area contributed by atoms with Gasteiger partial charge in [-0.05, 0) is 25.1 Å². The number of hydrogen-bond donors (Lipinski definition) is 2. The molecular formula is C7H17NOS. The van der Waals surface area contributed by atoms with E-state index in [9.17, 15) is 0 Å². The van der Waals surface area contributed by atoms with Crippen LogP contribution in [0, 0.1) is 5.92 Å². The number of thioether (sulfide) groups is 1. The van der Waals surface area contributed by atoms with Crippen LogP contribution in [-0.2, 0) is 0 Å². The Morgan fingerprint density at radius 2 is 2.00 bits per heavy atom. The van der Waals surface area contributed by atoms with Gasteiger partial charge in [-0.3, -0.25) is 0 Å². The van der Waals surface area contributed by atoms with Gasteiger partial charge in [0, 0.05) is 5.75 Å². The van der Waals surface area contributed by atoms with Crippen molar-refractivity contribution in [2.75, 3.05) is 18.1 Å². The molecule has 62 valence electrons. The summed E-state index contributed by atoms with van der Waals surface area (Å²) in [5.41, 5.74) is 5.41. The molecule has 0 saturated carbocycles. The third-order valence-electron chi connectivity index (χ3n) is 1.16. The van der Waals surface area contributed by atoms with E-state index in [4.69, 9.17) is 10.8 Å². The highest BCUT2D eigenvalue weighted by Crippen LogP contribution is 2.07. The third kappa shape index (κ3) is 6.39. The van der Waals surface area contributed by atoms with Crippen LogP contribution in [0.15, 0.2) is 0 Å². The molecule has 0 aliphatic carbocycles. The van der Waals surface area contributed by atoms with Gasteiger partial charge in [0.15, 0.2) is 0 Å². The summed E-state index contributed by atoms with van der Waals surface area (Å²) >= 11 is 1.76. The van der Waals surface area contributed by atoms with E-state index in [-0.39, 0.29) is 6.10 Å². The lowest BCUT2D eigenvalue weighted by atomic mass is 10.2. The molecule has 0 aromatic carbocycles. The van der Waals surface area contributed by atoms with Crippen molar-refractivity contribution in [2.24, 2.45) is 11.7 Å². The lowest BCUT2D eigenvalue weighted by molar-refractivity contribution is 0.220. The van der Waals surface area contributed by atoms with Crippen LogP contribution in [0.3, 0.4) is 0 Å². The minimum Gasteiger partial charge on any atom is -0.393 e. The molecule has 0 rings (SSSR count). The molecule has 0 aromatic rings. The van der Waals surface area contributed by atoms with Crippen molar-refractivity contribution in [1.82, 2.24) is 0 Å². The SMILES string of the molecule is CC(O)CSCC(C)CN. The lowest BCUT2D eigenvalue weighted by Gasteiger charge is -2.08. The van der Waals surface area contributed by atoms with Gasteiger partial charge in [-0.1, -0.05) is 6.92 Å². The zero-order chi connectivity index (χ0) is 7.98. The van der Waals surface area contributed by atoms with Gasteiger partial charge in [0.2, 0.25) is 0 Å². The third-order valence-corrected chi connectivity index (χ3v) is 2.69. The Labute approximate surface area is 67.2 Å². The zero-order valence-electron chi connectivity index (χ0n) is 6.71. The largest absolute Gasteiger partial charge is 0.393 e. The van der Waals surface area contributed by atoms with E-state index in [1.807, 2.05) is 0 Å². The molecule has 3 heteroatoms. The first-order chi connectivity index (χ1) is 4.66. The Kier molecular flexibility index (Phi) is 6.17. The van der Waals surface area contributed by atoms with Gasteiger partial charge < -0.3 is 10.8 Å². The van der Waals surface area contributed by atoms with Crippen molar-refractivity contribution < 1.29 is 5.11 Å². The van der Waals surface area contributed by atoms with Gasteiger partial charge in [-0.2, -0.15) is 11.8 Å². The average Bonchev–Trinajstić information content (AvgIpc) is 1.87. The van der Waals surface area contributed by atoms with Crippen LogP contribution in [0.5, 0.6) is 0 Å². The molecule has 2 unspecified atom stereocenters. The first kappa shape index (κ1) is 10.3. The van der Waals surface area contributed by atoms with Gasteiger partial charge in [0.05, 0.1) is 6.10 Å². The number of rotatable bonds is 5. The van der Waals surface area contributed by atoms with Crippen LogP contribution in [0.2, 0.25) is 0 Å². The van der Waals surface area contributed by atoms with E-state index < -0.39 is 0 Å². The Morgan fingerprint density at radius 3 is 2.40 bits per heavy atom. The Hall–Kier alpha value is 0.270.